The maximum absolute atomic E-state index is 13.6. The Labute approximate surface area is 316 Å². The number of benzene rings is 2. The SMILES string of the molecule is COC(=O)C1CCN([C@@H]2CCCn3nc(C(=O)Nc4cccc(-c5cccc(Nc6nccc7cc(CN8CC(F)C8)cnc67)c5Cl)c4Cl)cc32)CC1. The molecular weight excluding hydrogens is 718 g/mol. The van der Waals surface area contributed by atoms with Gasteiger partial charge in [0.25, 0.3) is 5.91 Å². The lowest BCUT2D eigenvalue weighted by Gasteiger charge is -2.38. The number of nitrogens with zero attached hydrogens (tertiary/aromatic N) is 6. The van der Waals surface area contributed by atoms with Crippen LogP contribution in [0.3, 0.4) is 0 Å². The van der Waals surface area contributed by atoms with Crippen LogP contribution in [-0.4, -0.2) is 80.9 Å². The monoisotopic (exact) mass is 756 g/mol. The zero-order chi connectivity index (χ0) is 36.6. The van der Waals surface area contributed by atoms with Crippen LogP contribution in [0.25, 0.3) is 22.0 Å². The van der Waals surface area contributed by atoms with Crippen molar-refractivity contribution in [2.75, 3.05) is 43.9 Å². The van der Waals surface area contributed by atoms with Crippen molar-refractivity contribution in [1.82, 2.24) is 29.5 Å². The smallest absolute Gasteiger partial charge is 0.308 e. The molecule has 3 aliphatic heterocycles. The normalized spacial score (nSPS) is 18.4. The molecule has 2 N–H and O–H groups in total. The Hall–Kier alpha value is -4.62. The molecule has 0 spiro atoms. The highest BCUT2D eigenvalue weighted by molar-refractivity contribution is 6.39. The summed E-state index contributed by atoms with van der Waals surface area (Å²) in [6.45, 7) is 3.86. The number of piperidine rings is 1. The van der Waals surface area contributed by atoms with Gasteiger partial charge in [0.05, 0.1) is 46.2 Å². The van der Waals surface area contributed by atoms with Crippen LogP contribution in [0.15, 0.2) is 67.0 Å². The van der Waals surface area contributed by atoms with Gasteiger partial charge in [-0.25, -0.2) is 9.37 Å². The van der Waals surface area contributed by atoms with E-state index in [2.05, 4.69) is 30.6 Å². The third kappa shape index (κ3) is 7.20. The Morgan fingerprint density at radius 2 is 1.68 bits per heavy atom. The standard InChI is InChI=1S/C39H39Cl2FN8O3/c1-53-39(52)24-11-15-49(16-12-24)32-9-4-14-50-33(32)18-31(47-50)38(51)46-30-8-3-6-28(35(30)41)27-5-2-7-29(34(27)40)45-37-36-25(10-13-43-37)17-23(19-44-36)20-48-21-26(42)22-48/h2-3,5-8,10,13,17-19,24,26,32H,4,9,11-12,14-16,20-22H2,1H3,(H,43,45)(H,46,51)/t32-/m1/s1. The van der Waals surface area contributed by atoms with Crippen molar-refractivity contribution in [2.45, 2.75) is 51.0 Å². The minimum atomic E-state index is -0.752. The number of esters is 1. The number of carbonyl (C=O) groups excluding carboxylic acids is 2. The fourth-order valence-corrected chi connectivity index (χ4v) is 8.27. The number of nitrogens with one attached hydrogen (secondary N) is 2. The first-order chi connectivity index (χ1) is 25.7. The lowest BCUT2D eigenvalue weighted by molar-refractivity contribution is -0.147. The predicted molar refractivity (Wildman–Crippen MR) is 203 cm³/mol. The number of anilines is 3. The van der Waals surface area contributed by atoms with Crippen molar-refractivity contribution >= 4 is 63.2 Å². The number of amides is 1. The number of halogens is 3. The van der Waals surface area contributed by atoms with Gasteiger partial charge in [0.15, 0.2) is 11.5 Å². The first kappa shape index (κ1) is 35.4. The number of pyridine rings is 2. The van der Waals surface area contributed by atoms with Crippen LogP contribution in [0.5, 0.6) is 0 Å². The fourth-order valence-electron chi connectivity index (χ4n) is 7.72. The number of likely N-dealkylation sites (tertiary alicyclic amines) is 2. The van der Waals surface area contributed by atoms with Crippen LogP contribution >= 0.6 is 23.2 Å². The second-order valence-corrected chi connectivity index (χ2v) is 14.7. The molecule has 14 heteroatoms. The summed E-state index contributed by atoms with van der Waals surface area (Å²) in [4.78, 5) is 39.3. The molecule has 0 bridgehead atoms. The molecule has 2 fully saturated rings. The maximum atomic E-state index is 13.6. The van der Waals surface area contributed by atoms with Gasteiger partial charge in [-0.05, 0) is 74.7 Å². The molecule has 3 aromatic heterocycles. The highest BCUT2D eigenvalue weighted by atomic mass is 35.5. The van der Waals surface area contributed by atoms with E-state index in [9.17, 15) is 14.0 Å². The summed E-state index contributed by atoms with van der Waals surface area (Å²) >= 11 is 14.0. The molecule has 0 aliphatic carbocycles. The largest absolute Gasteiger partial charge is 0.469 e. The molecule has 53 heavy (non-hydrogen) atoms. The predicted octanol–water partition coefficient (Wildman–Crippen LogP) is 7.67. The maximum Gasteiger partial charge on any atom is 0.308 e. The van der Waals surface area contributed by atoms with E-state index in [1.807, 2.05) is 58.1 Å². The molecular formula is C39H39Cl2FN8O3. The van der Waals surface area contributed by atoms with Crippen molar-refractivity contribution < 1.29 is 18.7 Å². The molecule has 0 unspecified atom stereocenters. The van der Waals surface area contributed by atoms with E-state index in [0.717, 1.165) is 62.0 Å². The second-order valence-electron chi connectivity index (χ2n) is 13.9. The number of rotatable bonds is 9. The lowest BCUT2D eigenvalue weighted by atomic mass is 9.93. The van der Waals surface area contributed by atoms with Crippen LogP contribution in [0.2, 0.25) is 10.0 Å². The summed E-state index contributed by atoms with van der Waals surface area (Å²) in [5.41, 5.74) is 5.39. The molecule has 8 rings (SSSR count). The molecule has 6 heterocycles. The second kappa shape index (κ2) is 15.0. The minimum absolute atomic E-state index is 0.0672. The van der Waals surface area contributed by atoms with Crippen LogP contribution in [0, 0.1) is 5.92 Å². The molecule has 5 aromatic rings. The van der Waals surface area contributed by atoms with Crippen LogP contribution in [0.4, 0.5) is 21.6 Å². The summed E-state index contributed by atoms with van der Waals surface area (Å²) in [5, 5.41) is 12.7. The number of aryl methyl sites for hydroxylation is 1. The van der Waals surface area contributed by atoms with E-state index in [-0.39, 0.29) is 23.8 Å². The van der Waals surface area contributed by atoms with Crippen molar-refractivity contribution in [1.29, 1.82) is 0 Å². The van der Waals surface area contributed by atoms with Crippen molar-refractivity contribution in [2.24, 2.45) is 5.92 Å². The Balaban J connectivity index is 0.984. The zero-order valence-corrected chi connectivity index (χ0v) is 30.7. The fraction of sp³-hybridized carbons (Fsp3) is 0.359. The minimum Gasteiger partial charge on any atom is -0.469 e. The van der Waals surface area contributed by atoms with E-state index in [1.54, 1.807) is 18.5 Å². The molecule has 1 atom stereocenters. The van der Waals surface area contributed by atoms with Crippen molar-refractivity contribution in [3.8, 4) is 11.1 Å². The Kier molecular flexibility index (Phi) is 10.0. The zero-order valence-electron chi connectivity index (χ0n) is 29.2. The van der Waals surface area contributed by atoms with E-state index in [4.69, 9.17) is 27.9 Å². The van der Waals surface area contributed by atoms with Gasteiger partial charge < -0.3 is 15.4 Å². The number of methoxy groups -OCH3 is 1. The summed E-state index contributed by atoms with van der Waals surface area (Å²) < 4.78 is 20.2. The van der Waals surface area contributed by atoms with E-state index in [0.29, 0.717) is 69.2 Å². The highest BCUT2D eigenvalue weighted by Crippen LogP contribution is 2.41. The van der Waals surface area contributed by atoms with Gasteiger partial charge in [-0.3, -0.25) is 29.1 Å². The summed E-state index contributed by atoms with van der Waals surface area (Å²) in [6, 6.07) is 17.0. The number of hydrogen-bond acceptors (Lipinski definition) is 9. The number of ether oxygens (including phenoxy) is 1. The summed E-state index contributed by atoms with van der Waals surface area (Å²) in [6.07, 6.45) is 6.19. The van der Waals surface area contributed by atoms with Gasteiger partial charge in [0.1, 0.15) is 11.7 Å². The Morgan fingerprint density at radius 1 is 0.943 bits per heavy atom. The first-order valence-electron chi connectivity index (χ1n) is 17.9. The number of fused-ring (bicyclic) bond motifs is 2. The quantitative estimate of drug-likeness (QED) is 0.146. The number of aromatic nitrogens is 4. The molecule has 11 nitrogen and oxygen atoms in total. The summed E-state index contributed by atoms with van der Waals surface area (Å²) in [5.74, 6) is -0.0222. The van der Waals surface area contributed by atoms with E-state index in [1.165, 1.54) is 7.11 Å². The molecule has 1 amide bonds. The van der Waals surface area contributed by atoms with Gasteiger partial charge in [0.2, 0.25) is 0 Å². The summed E-state index contributed by atoms with van der Waals surface area (Å²) in [7, 11) is 1.44. The molecule has 2 saturated heterocycles. The molecule has 0 radical (unpaired) electrons. The van der Waals surface area contributed by atoms with Crippen LogP contribution in [-0.2, 0) is 22.6 Å². The average Bonchev–Trinajstić information content (AvgIpc) is 3.61. The van der Waals surface area contributed by atoms with Gasteiger partial charge in [-0.1, -0.05) is 47.5 Å². The number of carbonyl (C=O) groups is 2. The molecule has 274 valence electrons. The molecule has 3 aliphatic rings. The lowest BCUT2D eigenvalue weighted by Crippen LogP contribution is -2.47. The van der Waals surface area contributed by atoms with Crippen LogP contribution in [0.1, 0.15) is 53.5 Å². The van der Waals surface area contributed by atoms with Crippen molar-refractivity contribution in [3.05, 3.63) is 94.0 Å². The van der Waals surface area contributed by atoms with Crippen LogP contribution < -0.4 is 10.6 Å². The van der Waals surface area contributed by atoms with Gasteiger partial charge in [-0.2, -0.15) is 5.10 Å². The molecule has 2 aromatic carbocycles. The number of hydrogen-bond donors (Lipinski definition) is 2. The third-order valence-corrected chi connectivity index (χ3v) is 11.3. The van der Waals surface area contributed by atoms with Gasteiger partial charge in [0, 0.05) is 55.1 Å². The topological polar surface area (TPSA) is 118 Å². The number of alkyl halides is 1. The Morgan fingerprint density at radius 3 is 2.42 bits per heavy atom. The average molecular weight is 758 g/mol. The van der Waals surface area contributed by atoms with E-state index >= 15 is 0 Å². The van der Waals surface area contributed by atoms with Gasteiger partial charge >= 0.3 is 5.97 Å². The molecule has 0 saturated carbocycles. The first-order valence-corrected chi connectivity index (χ1v) is 18.7. The third-order valence-electron chi connectivity index (χ3n) is 10.5. The van der Waals surface area contributed by atoms with Gasteiger partial charge in [-0.15, -0.1) is 0 Å². The highest BCUT2D eigenvalue weighted by Gasteiger charge is 2.34. The van der Waals surface area contributed by atoms with Crippen molar-refractivity contribution in [3.63, 3.8) is 0 Å². The Bertz CT molecular complexity index is 2180. The van der Waals surface area contributed by atoms with E-state index < -0.39 is 6.17 Å².